The first-order valence-electron chi connectivity index (χ1n) is 8.47. The molecule has 3 aromatic rings. The standard InChI is InChI=1S/C19H18N4O5S2/c1-27-18-12-17(21-19(22-18)28-2)23-30(25,26)14-7-5-13(6-8-14)20-10-9-15(24)16-4-3-11-29-16/h3-12H,1-2H3,(H2,20,21,22,23,24)/p-1. The van der Waals surface area contributed by atoms with Gasteiger partial charge in [0.2, 0.25) is 21.9 Å². The number of methoxy groups -OCH3 is 2. The summed E-state index contributed by atoms with van der Waals surface area (Å²) in [5, 5.41) is 4.75. The molecule has 3 rings (SSSR count). The van der Waals surface area contributed by atoms with Gasteiger partial charge in [0.05, 0.1) is 24.0 Å². The van der Waals surface area contributed by atoms with Crippen LogP contribution in [0.3, 0.4) is 0 Å². The molecular formula is C19H17N4O5S2-. The number of thiophene rings is 1. The fourth-order valence-electron chi connectivity index (χ4n) is 2.25. The monoisotopic (exact) mass is 445 g/mol. The Bertz CT molecular complexity index is 1120. The van der Waals surface area contributed by atoms with E-state index in [1.807, 2.05) is 5.38 Å². The number of rotatable bonds is 9. The Labute approximate surface area is 177 Å². The van der Waals surface area contributed by atoms with Gasteiger partial charge in [-0.15, -0.1) is 11.3 Å². The first-order chi connectivity index (χ1) is 14.4. The van der Waals surface area contributed by atoms with Gasteiger partial charge in [-0.2, -0.15) is 4.98 Å². The van der Waals surface area contributed by atoms with Crippen LogP contribution >= 0.6 is 11.3 Å². The first-order valence-corrected chi connectivity index (χ1v) is 10.8. The molecule has 0 bridgehead atoms. The highest BCUT2D eigenvalue weighted by molar-refractivity contribution is 7.94. The first kappa shape index (κ1) is 21.3. The van der Waals surface area contributed by atoms with E-state index in [0.717, 1.165) is 0 Å². The lowest BCUT2D eigenvalue weighted by molar-refractivity contribution is 0.105. The second kappa shape index (κ2) is 9.37. The third-order valence-corrected chi connectivity index (χ3v) is 5.85. The zero-order valence-electron chi connectivity index (χ0n) is 16.0. The maximum atomic E-state index is 12.6. The summed E-state index contributed by atoms with van der Waals surface area (Å²) >= 11 is 1.36. The van der Waals surface area contributed by atoms with Crippen molar-refractivity contribution in [3.63, 3.8) is 0 Å². The van der Waals surface area contributed by atoms with Gasteiger partial charge in [-0.1, -0.05) is 6.07 Å². The molecule has 1 aromatic carbocycles. The summed E-state index contributed by atoms with van der Waals surface area (Å²) in [7, 11) is -1.29. The van der Waals surface area contributed by atoms with Crippen LogP contribution in [0.25, 0.3) is 4.72 Å². The highest BCUT2D eigenvalue weighted by Crippen LogP contribution is 2.30. The SMILES string of the molecule is COc1cc([N-]S(=O)(=O)c2ccc(N/C=C/C(=O)c3cccs3)cc2)nc(OC)n1. The lowest BCUT2D eigenvalue weighted by atomic mass is 10.3. The normalized spacial score (nSPS) is 11.3. The molecule has 2 heterocycles. The molecule has 0 aliphatic heterocycles. The molecule has 0 unspecified atom stereocenters. The van der Waals surface area contributed by atoms with Crippen LogP contribution in [0.4, 0.5) is 11.5 Å². The van der Waals surface area contributed by atoms with Crippen molar-refractivity contribution >= 4 is 38.6 Å². The van der Waals surface area contributed by atoms with Crippen LogP contribution < -0.4 is 14.8 Å². The molecule has 0 spiro atoms. The van der Waals surface area contributed by atoms with Gasteiger partial charge >= 0.3 is 0 Å². The van der Waals surface area contributed by atoms with Crippen LogP contribution in [0.15, 0.2) is 65.0 Å². The van der Waals surface area contributed by atoms with Gasteiger partial charge in [0.15, 0.2) is 5.78 Å². The van der Waals surface area contributed by atoms with E-state index < -0.39 is 10.0 Å². The van der Waals surface area contributed by atoms with Crippen LogP contribution in [0.1, 0.15) is 9.67 Å². The number of sulfonamides is 1. The third kappa shape index (κ3) is 5.33. The lowest BCUT2D eigenvalue weighted by Gasteiger charge is -2.17. The molecule has 0 amide bonds. The van der Waals surface area contributed by atoms with Gasteiger partial charge in [-0.05, 0) is 41.5 Å². The number of aromatic nitrogens is 2. The van der Waals surface area contributed by atoms with E-state index >= 15 is 0 Å². The number of ketones is 1. The number of hydrogen-bond acceptors (Lipinski definition) is 9. The minimum atomic E-state index is -4.02. The Balaban J connectivity index is 1.68. The van der Waals surface area contributed by atoms with Gasteiger partial charge in [0.1, 0.15) is 0 Å². The van der Waals surface area contributed by atoms with E-state index in [1.54, 1.807) is 24.3 Å². The summed E-state index contributed by atoms with van der Waals surface area (Å²) in [6.45, 7) is 0. The zero-order chi connectivity index (χ0) is 21.6. The number of nitrogens with one attached hydrogen (secondary N) is 1. The highest BCUT2D eigenvalue weighted by atomic mass is 32.2. The number of allylic oxidation sites excluding steroid dienone is 1. The Morgan fingerprint density at radius 1 is 1.13 bits per heavy atom. The van der Waals surface area contributed by atoms with Crippen LogP contribution in [-0.4, -0.2) is 38.4 Å². The molecule has 0 aliphatic carbocycles. The second-order valence-electron chi connectivity index (χ2n) is 5.67. The average Bonchev–Trinajstić information content (AvgIpc) is 3.28. The third-order valence-electron chi connectivity index (χ3n) is 3.67. The van der Waals surface area contributed by atoms with Gasteiger partial charge < -0.3 is 24.5 Å². The number of nitrogens with zero attached hydrogens (tertiary/aromatic N) is 3. The van der Waals surface area contributed by atoms with Crippen molar-refractivity contribution in [2.75, 3.05) is 19.5 Å². The molecular weight excluding hydrogens is 428 g/mol. The van der Waals surface area contributed by atoms with Crippen molar-refractivity contribution in [3.05, 3.63) is 69.7 Å². The summed E-state index contributed by atoms with van der Waals surface area (Å²) in [4.78, 5) is 20.3. The van der Waals surface area contributed by atoms with Gasteiger partial charge in [0, 0.05) is 24.0 Å². The van der Waals surface area contributed by atoms with Crippen molar-refractivity contribution in [1.82, 2.24) is 9.97 Å². The van der Waals surface area contributed by atoms with Crippen LogP contribution in [0, 0.1) is 0 Å². The molecule has 1 N–H and O–H groups in total. The Morgan fingerprint density at radius 2 is 1.90 bits per heavy atom. The summed E-state index contributed by atoms with van der Waals surface area (Å²) < 4.78 is 38.7. The van der Waals surface area contributed by atoms with Gasteiger partial charge in [0.25, 0.3) is 0 Å². The Hall–Kier alpha value is -3.44. The minimum Gasteiger partial charge on any atom is -0.483 e. The van der Waals surface area contributed by atoms with Gasteiger partial charge in [-0.25, -0.2) is 8.42 Å². The van der Waals surface area contributed by atoms with Crippen molar-refractivity contribution in [3.8, 4) is 11.9 Å². The van der Waals surface area contributed by atoms with E-state index in [1.165, 1.54) is 56.0 Å². The minimum absolute atomic E-state index is 0.0248. The van der Waals surface area contributed by atoms with Gasteiger partial charge in [-0.3, -0.25) is 4.79 Å². The number of benzene rings is 1. The molecule has 11 heteroatoms. The van der Waals surface area contributed by atoms with Crippen LogP contribution in [0.5, 0.6) is 11.9 Å². The van der Waals surface area contributed by atoms with Crippen molar-refractivity contribution < 1.29 is 22.7 Å². The molecule has 9 nitrogen and oxygen atoms in total. The summed E-state index contributed by atoms with van der Waals surface area (Å²) in [5.41, 5.74) is 0.606. The number of anilines is 1. The van der Waals surface area contributed by atoms with Crippen molar-refractivity contribution in [2.45, 2.75) is 4.90 Å². The predicted octanol–water partition coefficient (Wildman–Crippen LogP) is 3.76. The molecule has 0 aliphatic rings. The number of hydrogen-bond donors (Lipinski definition) is 1. The molecule has 0 saturated carbocycles. The molecule has 30 heavy (non-hydrogen) atoms. The fraction of sp³-hybridized carbons (Fsp3) is 0.105. The maximum absolute atomic E-state index is 12.6. The average molecular weight is 446 g/mol. The number of carbonyl (C=O) groups excluding carboxylic acids is 1. The maximum Gasteiger partial charge on any atom is 0.215 e. The number of carbonyl (C=O) groups is 1. The molecule has 0 fully saturated rings. The van der Waals surface area contributed by atoms with E-state index in [0.29, 0.717) is 10.6 Å². The van der Waals surface area contributed by atoms with Crippen LogP contribution in [-0.2, 0) is 10.0 Å². The topological polar surface area (TPSA) is 122 Å². The van der Waals surface area contributed by atoms with E-state index in [-0.39, 0.29) is 28.4 Å². The molecule has 0 saturated heterocycles. The molecule has 0 radical (unpaired) electrons. The fourth-order valence-corrected chi connectivity index (χ4v) is 3.82. The lowest BCUT2D eigenvalue weighted by Crippen LogP contribution is -2.01. The molecule has 2 aromatic heterocycles. The summed E-state index contributed by atoms with van der Waals surface area (Å²) in [6.07, 6.45) is 2.90. The predicted molar refractivity (Wildman–Crippen MR) is 113 cm³/mol. The Morgan fingerprint density at radius 3 is 2.53 bits per heavy atom. The number of ether oxygens (including phenoxy) is 2. The summed E-state index contributed by atoms with van der Waals surface area (Å²) in [5.74, 6) is -0.110. The zero-order valence-corrected chi connectivity index (χ0v) is 17.6. The van der Waals surface area contributed by atoms with Crippen molar-refractivity contribution in [2.24, 2.45) is 0 Å². The molecule has 0 atom stereocenters. The largest absolute Gasteiger partial charge is 0.483 e. The molecule has 156 valence electrons. The Kier molecular flexibility index (Phi) is 6.65. The highest BCUT2D eigenvalue weighted by Gasteiger charge is 2.11. The van der Waals surface area contributed by atoms with E-state index in [9.17, 15) is 13.2 Å². The smallest absolute Gasteiger partial charge is 0.215 e. The van der Waals surface area contributed by atoms with E-state index in [2.05, 4.69) is 20.0 Å². The quantitative estimate of drug-likeness (QED) is 0.390. The van der Waals surface area contributed by atoms with Crippen molar-refractivity contribution in [1.29, 1.82) is 0 Å². The summed E-state index contributed by atoms with van der Waals surface area (Å²) in [6, 6.07) is 10.7. The van der Waals surface area contributed by atoms with Crippen LogP contribution in [0.2, 0.25) is 0 Å². The van der Waals surface area contributed by atoms with E-state index in [4.69, 9.17) is 9.47 Å². The second-order valence-corrected chi connectivity index (χ2v) is 8.22.